The largest absolute Gasteiger partial charge is 0.478 e. The summed E-state index contributed by atoms with van der Waals surface area (Å²) >= 11 is 2.76. The normalized spacial score (nSPS) is 11.6. The Bertz CT molecular complexity index is 457. The van der Waals surface area contributed by atoms with Crippen molar-refractivity contribution in [3.05, 3.63) is 27.2 Å². The van der Waals surface area contributed by atoms with Crippen LogP contribution in [0.3, 0.4) is 0 Å². The molecule has 0 heterocycles. The minimum atomic E-state index is -4.62. The fourth-order valence-electron chi connectivity index (χ4n) is 1.19. The number of halogens is 4. The van der Waals surface area contributed by atoms with Crippen molar-refractivity contribution in [2.24, 2.45) is 0 Å². The monoisotopic (exact) mass is 297 g/mol. The maximum absolute atomic E-state index is 12.5. The molecule has 7 heteroatoms. The molecule has 0 atom stereocenters. The molecule has 16 heavy (non-hydrogen) atoms. The lowest BCUT2D eigenvalue weighted by Gasteiger charge is -2.14. The van der Waals surface area contributed by atoms with E-state index in [-0.39, 0.29) is 15.7 Å². The molecule has 0 aromatic heterocycles. The van der Waals surface area contributed by atoms with Crippen LogP contribution < -0.4 is 5.73 Å². The van der Waals surface area contributed by atoms with Crippen molar-refractivity contribution in [2.45, 2.75) is 13.1 Å². The summed E-state index contributed by atoms with van der Waals surface area (Å²) < 4.78 is 37.4. The third kappa shape index (κ3) is 2.13. The Balaban J connectivity index is 3.61. The number of aromatic carboxylic acids is 1. The van der Waals surface area contributed by atoms with E-state index in [4.69, 9.17) is 10.8 Å². The summed E-state index contributed by atoms with van der Waals surface area (Å²) in [6, 6.07) is 0.523. The van der Waals surface area contributed by atoms with Gasteiger partial charge in [-0.15, -0.1) is 0 Å². The number of carboxylic acids is 1. The van der Waals surface area contributed by atoms with E-state index in [0.717, 1.165) is 0 Å². The van der Waals surface area contributed by atoms with Gasteiger partial charge in [-0.05, 0) is 34.5 Å². The van der Waals surface area contributed by atoms with E-state index in [1.54, 1.807) is 0 Å². The first kappa shape index (κ1) is 12.8. The summed E-state index contributed by atoms with van der Waals surface area (Å²) in [6.45, 7) is 1.32. The van der Waals surface area contributed by atoms with Gasteiger partial charge in [-0.2, -0.15) is 13.2 Å². The van der Waals surface area contributed by atoms with Gasteiger partial charge in [0.1, 0.15) is 0 Å². The van der Waals surface area contributed by atoms with Crippen LogP contribution in [0, 0.1) is 6.92 Å². The number of carbonyl (C=O) groups is 1. The second kappa shape index (κ2) is 3.97. The van der Waals surface area contributed by atoms with Crippen molar-refractivity contribution in [1.82, 2.24) is 0 Å². The molecule has 0 fully saturated rings. The van der Waals surface area contributed by atoms with Crippen LogP contribution in [0.2, 0.25) is 0 Å². The quantitative estimate of drug-likeness (QED) is 0.783. The molecule has 0 aliphatic carbocycles. The molecular formula is C9H7BrF3NO2. The van der Waals surface area contributed by atoms with Gasteiger partial charge in [-0.25, -0.2) is 4.79 Å². The second-order valence-electron chi connectivity index (χ2n) is 3.13. The van der Waals surface area contributed by atoms with E-state index in [1.807, 2.05) is 0 Å². The van der Waals surface area contributed by atoms with Crippen LogP contribution in [0.25, 0.3) is 0 Å². The standard InChI is InChI=1S/C9H7BrF3NO2/c1-3-6(10)5(9(11,12)13)2-4(7(3)14)8(15)16/h2H,14H2,1H3,(H,15,16). The van der Waals surface area contributed by atoms with Crippen LogP contribution in [0.1, 0.15) is 21.5 Å². The number of hydrogen-bond acceptors (Lipinski definition) is 2. The van der Waals surface area contributed by atoms with Crippen molar-refractivity contribution in [3.63, 3.8) is 0 Å². The second-order valence-corrected chi connectivity index (χ2v) is 3.92. The minimum absolute atomic E-state index is 0.0622. The van der Waals surface area contributed by atoms with E-state index >= 15 is 0 Å². The predicted molar refractivity (Wildman–Crippen MR) is 55.3 cm³/mol. The van der Waals surface area contributed by atoms with Gasteiger partial charge in [-0.1, -0.05) is 0 Å². The summed E-state index contributed by atoms with van der Waals surface area (Å²) in [5.41, 5.74) is 3.71. The highest BCUT2D eigenvalue weighted by Gasteiger charge is 2.35. The van der Waals surface area contributed by atoms with Gasteiger partial charge < -0.3 is 10.8 Å². The molecule has 0 aliphatic heterocycles. The third-order valence-corrected chi connectivity index (χ3v) is 3.11. The fourth-order valence-corrected chi connectivity index (χ4v) is 1.74. The van der Waals surface area contributed by atoms with Gasteiger partial charge >= 0.3 is 12.1 Å². The first-order valence-corrected chi connectivity index (χ1v) is 4.84. The zero-order chi connectivity index (χ0) is 12.7. The Hall–Kier alpha value is -1.24. The lowest BCUT2D eigenvalue weighted by atomic mass is 10.0. The predicted octanol–water partition coefficient (Wildman–Crippen LogP) is 3.06. The molecule has 0 aliphatic rings. The summed E-state index contributed by atoms with van der Waals surface area (Å²) in [5.74, 6) is -1.49. The number of rotatable bonds is 1. The summed E-state index contributed by atoms with van der Waals surface area (Å²) in [6.07, 6.45) is -4.62. The summed E-state index contributed by atoms with van der Waals surface area (Å²) in [5, 5.41) is 8.71. The molecule has 0 saturated heterocycles. The highest BCUT2D eigenvalue weighted by Crippen LogP contribution is 2.39. The molecular weight excluding hydrogens is 291 g/mol. The number of benzene rings is 1. The molecule has 1 rings (SSSR count). The number of carboxylic acid groups (broad SMARTS) is 1. The Morgan fingerprint density at radius 2 is 2.00 bits per heavy atom. The molecule has 0 amide bonds. The first-order chi connectivity index (χ1) is 7.16. The molecule has 0 spiro atoms. The summed E-state index contributed by atoms with van der Waals surface area (Å²) in [4.78, 5) is 10.7. The first-order valence-electron chi connectivity index (χ1n) is 4.05. The van der Waals surface area contributed by atoms with E-state index in [1.165, 1.54) is 6.92 Å². The van der Waals surface area contributed by atoms with E-state index in [9.17, 15) is 18.0 Å². The van der Waals surface area contributed by atoms with Crippen LogP contribution in [0.5, 0.6) is 0 Å². The Morgan fingerprint density at radius 3 is 2.38 bits per heavy atom. The fraction of sp³-hybridized carbons (Fsp3) is 0.222. The zero-order valence-corrected chi connectivity index (χ0v) is 9.61. The van der Waals surface area contributed by atoms with Crippen LogP contribution in [-0.2, 0) is 6.18 Å². The smallest absolute Gasteiger partial charge is 0.417 e. The average Bonchev–Trinajstić information content (AvgIpc) is 2.11. The van der Waals surface area contributed by atoms with Crippen molar-refractivity contribution in [2.75, 3.05) is 5.73 Å². The third-order valence-electron chi connectivity index (χ3n) is 2.08. The zero-order valence-electron chi connectivity index (χ0n) is 8.02. The van der Waals surface area contributed by atoms with Crippen molar-refractivity contribution in [1.29, 1.82) is 0 Å². The Morgan fingerprint density at radius 1 is 1.50 bits per heavy atom. The number of nitrogen functional groups attached to an aromatic ring is 1. The molecule has 0 saturated carbocycles. The maximum atomic E-state index is 12.5. The highest BCUT2D eigenvalue weighted by atomic mass is 79.9. The van der Waals surface area contributed by atoms with Crippen molar-refractivity contribution in [3.8, 4) is 0 Å². The Kier molecular flexibility index (Phi) is 3.18. The highest BCUT2D eigenvalue weighted by molar-refractivity contribution is 9.10. The molecule has 0 bridgehead atoms. The van der Waals surface area contributed by atoms with Gasteiger partial charge in [0.05, 0.1) is 16.8 Å². The molecule has 1 aromatic carbocycles. The molecule has 3 nitrogen and oxygen atoms in total. The van der Waals surface area contributed by atoms with E-state index in [2.05, 4.69) is 15.9 Å². The van der Waals surface area contributed by atoms with Gasteiger partial charge in [0.15, 0.2) is 0 Å². The number of anilines is 1. The molecule has 0 unspecified atom stereocenters. The molecule has 88 valence electrons. The summed E-state index contributed by atoms with van der Waals surface area (Å²) in [7, 11) is 0. The molecule has 0 radical (unpaired) electrons. The SMILES string of the molecule is Cc1c(N)c(C(=O)O)cc(C(F)(F)F)c1Br. The van der Waals surface area contributed by atoms with Gasteiger partial charge in [-0.3, -0.25) is 0 Å². The average molecular weight is 298 g/mol. The van der Waals surface area contributed by atoms with Gasteiger partial charge in [0, 0.05) is 4.47 Å². The van der Waals surface area contributed by atoms with Crippen LogP contribution in [0.15, 0.2) is 10.5 Å². The Labute approximate surface area is 97.2 Å². The van der Waals surface area contributed by atoms with Crippen LogP contribution >= 0.6 is 15.9 Å². The maximum Gasteiger partial charge on any atom is 0.417 e. The van der Waals surface area contributed by atoms with Gasteiger partial charge in [0.25, 0.3) is 0 Å². The molecule has 1 aromatic rings. The van der Waals surface area contributed by atoms with Crippen LogP contribution in [0.4, 0.5) is 18.9 Å². The van der Waals surface area contributed by atoms with E-state index in [0.29, 0.717) is 6.07 Å². The molecule has 3 N–H and O–H groups in total. The van der Waals surface area contributed by atoms with E-state index < -0.39 is 23.3 Å². The van der Waals surface area contributed by atoms with Gasteiger partial charge in [0.2, 0.25) is 0 Å². The lowest BCUT2D eigenvalue weighted by Crippen LogP contribution is -2.12. The number of hydrogen-bond donors (Lipinski definition) is 2. The van der Waals surface area contributed by atoms with Crippen molar-refractivity contribution >= 4 is 27.6 Å². The van der Waals surface area contributed by atoms with Crippen molar-refractivity contribution < 1.29 is 23.1 Å². The number of alkyl halides is 3. The number of nitrogens with two attached hydrogens (primary N) is 1. The van der Waals surface area contributed by atoms with Crippen LogP contribution in [-0.4, -0.2) is 11.1 Å². The topological polar surface area (TPSA) is 63.3 Å². The minimum Gasteiger partial charge on any atom is -0.478 e. The lowest BCUT2D eigenvalue weighted by molar-refractivity contribution is -0.138.